The molecule has 0 aromatic heterocycles. The number of benzene rings is 4. The number of hydrogen-bond acceptors (Lipinski definition) is 18. The fourth-order valence-electron chi connectivity index (χ4n) is 8.07. The molecule has 432 valence electrons. The van der Waals surface area contributed by atoms with E-state index in [4.69, 9.17) is 56.8 Å². The van der Waals surface area contributed by atoms with E-state index in [0.29, 0.717) is 72.0 Å². The third-order valence-corrected chi connectivity index (χ3v) is 12.1. The van der Waals surface area contributed by atoms with Crippen molar-refractivity contribution >= 4 is 68.1 Å². The molecule has 0 bridgehead atoms. The molecule has 0 atom stereocenters. The van der Waals surface area contributed by atoms with E-state index < -0.39 is 75.5 Å². The summed E-state index contributed by atoms with van der Waals surface area (Å²) < 4.78 is 69.3. The number of carbonyl (C=O) groups is 6. The Kier molecular flexibility index (Phi) is 31.5. The van der Waals surface area contributed by atoms with Crippen molar-refractivity contribution in [2.24, 2.45) is 0 Å². The van der Waals surface area contributed by atoms with Crippen LogP contribution in [0.15, 0.2) is 36.4 Å². The van der Waals surface area contributed by atoms with Crippen molar-refractivity contribution < 1.29 is 85.6 Å². The van der Waals surface area contributed by atoms with Gasteiger partial charge < -0.3 is 56.8 Å². The van der Waals surface area contributed by atoms with Crippen LogP contribution in [0.2, 0.25) is 0 Å². The Bertz CT molecular complexity index is 2030. The molecule has 0 saturated carbocycles. The summed E-state index contributed by atoms with van der Waals surface area (Å²) in [5.74, 6) is -5.71. The molecule has 0 radical (unpaired) electrons. The van der Waals surface area contributed by atoms with Gasteiger partial charge in [0, 0.05) is 39.6 Å². The van der Waals surface area contributed by atoms with Crippen LogP contribution in [0.4, 0.5) is 0 Å². The van der Waals surface area contributed by atoms with Gasteiger partial charge in [-0.1, -0.05) is 119 Å². The van der Waals surface area contributed by atoms with Gasteiger partial charge in [0.15, 0.2) is 34.5 Å². The molecule has 4 aromatic carbocycles. The van der Waals surface area contributed by atoms with E-state index in [1.807, 2.05) is 0 Å². The molecule has 0 N–H and O–H groups in total. The van der Waals surface area contributed by atoms with E-state index in [-0.39, 0.29) is 34.5 Å². The first kappa shape index (κ1) is 64.8. The molecule has 0 heterocycles. The van der Waals surface area contributed by atoms with E-state index in [2.05, 4.69) is 41.5 Å². The van der Waals surface area contributed by atoms with Crippen LogP contribution in [0.3, 0.4) is 0 Å². The smallest absolute Gasteiger partial charge is 0.337 e. The van der Waals surface area contributed by atoms with Crippen molar-refractivity contribution in [1.29, 1.82) is 0 Å². The summed E-state index contributed by atoms with van der Waals surface area (Å²) in [5.41, 5.74) is 0. The van der Waals surface area contributed by atoms with Crippen LogP contribution in [0.1, 0.15) is 157 Å². The number of ether oxygens (including phenoxy) is 12. The van der Waals surface area contributed by atoms with Crippen molar-refractivity contribution in [3.05, 3.63) is 36.4 Å². The molecule has 4 rings (SSSR count). The molecule has 78 heavy (non-hydrogen) atoms. The predicted octanol–water partition coefficient (Wildman–Crippen LogP) is 11.8. The van der Waals surface area contributed by atoms with Gasteiger partial charge in [0.05, 0.1) is 0 Å². The Morgan fingerprint density at radius 3 is 0.513 bits per heavy atom. The number of unbranched alkanes of at least 4 members (excludes halogenated alkanes) is 12. The van der Waals surface area contributed by atoms with Gasteiger partial charge in [-0.3, -0.25) is 0 Å². The maximum absolute atomic E-state index is 13.5. The van der Waals surface area contributed by atoms with Crippen molar-refractivity contribution in [1.82, 2.24) is 0 Å². The summed E-state index contributed by atoms with van der Waals surface area (Å²) in [7, 11) is 0. The SMILES string of the molecule is CCCCCOCC(=O)Oc1cc2c3cc(OC(=O)COCCCCC)c(OC(=O)COCCCCC)cc3c3cc(OC(=O)COCCCCC)c(OC(=O)COCCCCC)cc3c2cc1OC(=O)COCCCCC. The summed E-state index contributed by atoms with van der Waals surface area (Å²) in [4.78, 5) is 81.1. The zero-order chi connectivity index (χ0) is 56.3. The summed E-state index contributed by atoms with van der Waals surface area (Å²) in [6, 6.07) is 8.89. The summed E-state index contributed by atoms with van der Waals surface area (Å²) >= 11 is 0. The first-order valence-electron chi connectivity index (χ1n) is 28.2. The van der Waals surface area contributed by atoms with Gasteiger partial charge in [-0.2, -0.15) is 0 Å². The molecule has 0 aliphatic carbocycles. The summed E-state index contributed by atoms with van der Waals surface area (Å²) in [5, 5.41) is 2.04. The second-order valence-electron chi connectivity index (χ2n) is 18.9. The van der Waals surface area contributed by atoms with Crippen LogP contribution >= 0.6 is 0 Å². The zero-order valence-electron chi connectivity index (χ0n) is 47.0. The first-order chi connectivity index (χ1) is 38.0. The van der Waals surface area contributed by atoms with Crippen molar-refractivity contribution in [2.45, 2.75) is 157 Å². The lowest BCUT2D eigenvalue weighted by molar-refractivity contribution is -0.142. The van der Waals surface area contributed by atoms with E-state index in [1.165, 1.54) is 36.4 Å². The monoisotopic (exact) mass is 1090 g/mol. The highest BCUT2D eigenvalue weighted by atomic mass is 16.6. The van der Waals surface area contributed by atoms with Crippen molar-refractivity contribution in [2.75, 3.05) is 79.3 Å². The Hall–Kier alpha value is -5.76. The molecular weight excluding hydrogens is 1010 g/mol. The van der Waals surface area contributed by atoms with Gasteiger partial charge in [-0.15, -0.1) is 0 Å². The molecule has 4 aromatic rings. The normalized spacial score (nSPS) is 11.3. The fourth-order valence-corrected chi connectivity index (χ4v) is 8.07. The molecule has 0 aliphatic heterocycles. The molecule has 0 saturated heterocycles. The Morgan fingerprint density at radius 2 is 0.385 bits per heavy atom. The number of rotatable bonds is 42. The molecule has 0 aliphatic rings. The van der Waals surface area contributed by atoms with E-state index >= 15 is 0 Å². The molecular formula is C60H84O18. The molecule has 0 amide bonds. The maximum atomic E-state index is 13.5. The number of carbonyl (C=O) groups excluding carboxylic acids is 6. The largest absolute Gasteiger partial charge is 0.421 e. The average Bonchev–Trinajstić information content (AvgIpc) is 3.58. The highest BCUT2D eigenvalue weighted by molar-refractivity contribution is 6.27. The van der Waals surface area contributed by atoms with Gasteiger partial charge in [0.1, 0.15) is 39.6 Å². The number of esters is 6. The second kappa shape index (κ2) is 37.9. The molecule has 18 heteroatoms. The third kappa shape index (κ3) is 23.3. The quantitative estimate of drug-likeness (QED) is 0.0175. The number of hydrogen-bond donors (Lipinski definition) is 0. The van der Waals surface area contributed by atoms with E-state index in [1.54, 1.807) is 0 Å². The fraction of sp³-hybridized carbons (Fsp3) is 0.600. The Labute approximate surface area is 459 Å². The summed E-state index contributed by atoms with van der Waals surface area (Å²) in [6.07, 6.45) is 15.6. The zero-order valence-corrected chi connectivity index (χ0v) is 47.0. The van der Waals surface area contributed by atoms with Crippen LogP contribution in [0.5, 0.6) is 34.5 Å². The van der Waals surface area contributed by atoms with Crippen molar-refractivity contribution in [3.63, 3.8) is 0 Å². The minimum Gasteiger partial charge on any atom is -0.421 e. The molecule has 0 spiro atoms. The molecule has 0 fully saturated rings. The maximum Gasteiger partial charge on any atom is 0.337 e. The minimum atomic E-state index is -0.782. The van der Waals surface area contributed by atoms with Crippen molar-refractivity contribution in [3.8, 4) is 34.5 Å². The summed E-state index contributed by atoms with van der Waals surface area (Å²) in [6.45, 7) is 11.8. The standard InChI is InChI=1S/C60H84O18/c1-7-13-19-25-67-37-55(61)73-49-31-43-44(32-50(49)74-56(62)38-68-26-20-14-8-2)46-34-52(76-58(64)40-70-28-22-16-10-4)54(78-60(66)42-72-30-24-18-12-6)36-48(46)47-35-53(77-59(65)41-71-29-23-17-11-5)51(33-45(43)47)75-57(63)39-69-27-21-15-9-3/h31-36H,7-30,37-42H2,1-6H3. The van der Waals surface area contributed by atoms with E-state index in [9.17, 15) is 28.8 Å². The molecule has 18 nitrogen and oxygen atoms in total. The highest BCUT2D eigenvalue weighted by Gasteiger charge is 2.25. The van der Waals surface area contributed by atoms with Gasteiger partial charge in [-0.05, 0) is 107 Å². The Balaban J connectivity index is 2.05. The van der Waals surface area contributed by atoms with Crippen LogP contribution < -0.4 is 28.4 Å². The lowest BCUT2D eigenvalue weighted by Gasteiger charge is -2.19. The lowest BCUT2D eigenvalue weighted by Crippen LogP contribution is -2.20. The van der Waals surface area contributed by atoms with E-state index in [0.717, 1.165) is 116 Å². The Morgan fingerprint density at radius 1 is 0.244 bits per heavy atom. The topological polar surface area (TPSA) is 213 Å². The van der Waals surface area contributed by atoms with Crippen LogP contribution in [0.25, 0.3) is 32.3 Å². The second-order valence-corrected chi connectivity index (χ2v) is 18.9. The minimum absolute atomic E-state index is 0.171. The van der Waals surface area contributed by atoms with Crippen LogP contribution in [0, 0.1) is 0 Å². The van der Waals surface area contributed by atoms with Gasteiger partial charge >= 0.3 is 35.8 Å². The average molecular weight is 1090 g/mol. The van der Waals surface area contributed by atoms with Crippen LogP contribution in [-0.4, -0.2) is 115 Å². The van der Waals surface area contributed by atoms with Gasteiger partial charge in [0.2, 0.25) is 0 Å². The number of fused-ring (bicyclic) bond motifs is 6. The van der Waals surface area contributed by atoms with Crippen LogP contribution in [-0.2, 0) is 57.2 Å². The van der Waals surface area contributed by atoms with Gasteiger partial charge in [-0.25, -0.2) is 28.8 Å². The third-order valence-electron chi connectivity index (χ3n) is 12.1. The molecule has 0 unspecified atom stereocenters. The predicted molar refractivity (Wildman–Crippen MR) is 295 cm³/mol. The van der Waals surface area contributed by atoms with Gasteiger partial charge in [0.25, 0.3) is 0 Å². The first-order valence-corrected chi connectivity index (χ1v) is 28.2. The highest BCUT2D eigenvalue weighted by Crippen LogP contribution is 2.47. The lowest BCUT2D eigenvalue weighted by atomic mass is 9.93.